The van der Waals surface area contributed by atoms with Crippen LogP contribution in [0.15, 0.2) is 18.2 Å². The van der Waals surface area contributed by atoms with E-state index in [1.165, 1.54) is 0 Å². The van der Waals surface area contributed by atoms with E-state index in [9.17, 15) is 4.79 Å². The lowest BCUT2D eigenvalue weighted by atomic mass is 9.97. The minimum atomic E-state index is -0.415. The Bertz CT molecular complexity index is 510. The number of benzene rings is 1. The molecule has 18 heavy (non-hydrogen) atoms. The lowest BCUT2D eigenvalue weighted by molar-refractivity contribution is 0.0525. The normalized spacial score (nSPS) is 9.28. The molecule has 0 aliphatic carbocycles. The van der Waals surface area contributed by atoms with E-state index in [4.69, 9.17) is 15.3 Å². The monoisotopic (exact) mass is 242 g/mol. The van der Waals surface area contributed by atoms with E-state index in [1.54, 1.807) is 25.1 Å². The largest absolute Gasteiger partial charge is 0.462 e. The quantitative estimate of drug-likeness (QED) is 0.587. The molecule has 0 aliphatic rings. The van der Waals surface area contributed by atoms with Crippen LogP contribution in [0.1, 0.15) is 41.3 Å². The van der Waals surface area contributed by atoms with Crippen molar-refractivity contribution in [3.05, 3.63) is 34.9 Å². The van der Waals surface area contributed by atoms with Crippen molar-refractivity contribution in [1.29, 1.82) is 10.5 Å². The Balaban J connectivity index is 3.05. The standard InChI is InChI=1S/C14H14N2O2/c1-2-18-14(17)13-8-5-6-11(10-16)12(13)7-3-4-9-15/h5-6,8H,2-4,7H2,1H3. The predicted molar refractivity (Wildman–Crippen MR) is 65.7 cm³/mol. The maximum Gasteiger partial charge on any atom is 0.338 e. The molecule has 0 fully saturated rings. The molecule has 0 aliphatic heterocycles. The predicted octanol–water partition coefficient (Wildman–Crippen LogP) is 2.58. The maximum atomic E-state index is 11.8. The first-order valence-corrected chi connectivity index (χ1v) is 5.80. The van der Waals surface area contributed by atoms with Gasteiger partial charge in [0.15, 0.2) is 0 Å². The van der Waals surface area contributed by atoms with E-state index >= 15 is 0 Å². The fourth-order valence-electron chi connectivity index (χ4n) is 1.71. The molecule has 1 aromatic carbocycles. The van der Waals surface area contributed by atoms with Gasteiger partial charge in [0.25, 0.3) is 0 Å². The Morgan fingerprint density at radius 2 is 2.17 bits per heavy atom. The van der Waals surface area contributed by atoms with Crippen molar-refractivity contribution in [3.63, 3.8) is 0 Å². The van der Waals surface area contributed by atoms with Crippen molar-refractivity contribution < 1.29 is 9.53 Å². The molecule has 0 heterocycles. The summed E-state index contributed by atoms with van der Waals surface area (Å²) in [6.45, 7) is 2.04. The van der Waals surface area contributed by atoms with Crippen LogP contribution in [0, 0.1) is 22.7 Å². The van der Waals surface area contributed by atoms with Crippen molar-refractivity contribution in [2.75, 3.05) is 6.61 Å². The van der Waals surface area contributed by atoms with Gasteiger partial charge in [-0.2, -0.15) is 10.5 Å². The zero-order valence-electron chi connectivity index (χ0n) is 10.3. The first kappa shape index (κ1) is 13.7. The number of esters is 1. The smallest absolute Gasteiger partial charge is 0.338 e. The zero-order valence-corrected chi connectivity index (χ0v) is 10.3. The van der Waals surface area contributed by atoms with Gasteiger partial charge in [0.05, 0.1) is 29.9 Å². The molecular weight excluding hydrogens is 228 g/mol. The minimum absolute atomic E-state index is 0.299. The Kier molecular flexibility index (Phi) is 5.41. The first-order chi connectivity index (χ1) is 8.74. The van der Waals surface area contributed by atoms with Crippen molar-refractivity contribution in [2.45, 2.75) is 26.2 Å². The van der Waals surface area contributed by atoms with Gasteiger partial charge in [0.2, 0.25) is 0 Å². The van der Waals surface area contributed by atoms with E-state index in [-0.39, 0.29) is 0 Å². The summed E-state index contributed by atoms with van der Waals surface area (Å²) in [7, 11) is 0. The maximum absolute atomic E-state index is 11.8. The summed E-state index contributed by atoms with van der Waals surface area (Å²) in [5.41, 5.74) is 1.57. The van der Waals surface area contributed by atoms with Gasteiger partial charge in [-0.3, -0.25) is 0 Å². The highest BCUT2D eigenvalue weighted by Crippen LogP contribution is 2.18. The van der Waals surface area contributed by atoms with Gasteiger partial charge in [-0.15, -0.1) is 0 Å². The van der Waals surface area contributed by atoms with Crippen LogP contribution in [-0.2, 0) is 11.2 Å². The number of carbonyl (C=O) groups excluding carboxylic acids is 1. The number of ether oxygens (including phenoxy) is 1. The van der Waals surface area contributed by atoms with Crippen LogP contribution in [0.2, 0.25) is 0 Å². The van der Waals surface area contributed by atoms with E-state index in [2.05, 4.69) is 12.1 Å². The highest BCUT2D eigenvalue weighted by atomic mass is 16.5. The number of hydrogen-bond acceptors (Lipinski definition) is 4. The SMILES string of the molecule is CCOC(=O)c1cccc(C#N)c1CCCC#N. The summed E-state index contributed by atoms with van der Waals surface area (Å²) in [6, 6.07) is 9.11. The third kappa shape index (κ3) is 3.33. The zero-order chi connectivity index (χ0) is 13.4. The highest BCUT2D eigenvalue weighted by Gasteiger charge is 2.15. The van der Waals surface area contributed by atoms with E-state index < -0.39 is 5.97 Å². The molecule has 0 saturated carbocycles. The van der Waals surface area contributed by atoms with Crippen molar-refractivity contribution in [2.24, 2.45) is 0 Å². The average molecular weight is 242 g/mol. The molecule has 0 bridgehead atoms. The van der Waals surface area contributed by atoms with Crippen LogP contribution in [0.25, 0.3) is 0 Å². The highest BCUT2D eigenvalue weighted by molar-refractivity contribution is 5.91. The summed E-state index contributed by atoms with van der Waals surface area (Å²) in [5.74, 6) is -0.415. The number of unbranched alkanes of at least 4 members (excludes halogenated alkanes) is 1. The molecule has 1 rings (SSSR count). The molecule has 0 spiro atoms. The molecule has 0 N–H and O–H groups in total. The lowest BCUT2D eigenvalue weighted by Gasteiger charge is -2.09. The van der Waals surface area contributed by atoms with Gasteiger partial charge in [-0.05, 0) is 37.5 Å². The molecule has 0 unspecified atom stereocenters. The summed E-state index contributed by atoms with van der Waals surface area (Å²) >= 11 is 0. The molecule has 4 heteroatoms. The van der Waals surface area contributed by atoms with Gasteiger partial charge in [0.1, 0.15) is 0 Å². The molecule has 0 atom stereocenters. The number of rotatable bonds is 5. The Morgan fingerprint density at radius 3 is 2.78 bits per heavy atom. The second-order valence-corrected chi connectivity index (χ2v) is 3.68. The van der Waals surface area contributed by atoms with Gasteiger partial charge < -0.3 is 4.74 Å². The van der Waals surface area contributed by atoms with Crippen LogP contribution < -0.4 is 0 Å². The van der Waals surface area contributed by atoms with Crippen LogP contribution >= 0.6 is 0 Å². The summed E-state index contributed by atoms with van der Waals surface area (Å²) in [6.07, 6.45) is 1.56. The lowest BCUT2D eigenvalue weighted by Crippen LogP contribution is -2.09. The summed E-state index contributed by atoms with van der Waals surface area (Å²) < 4.78 is 4.96. The second kappa shape index (κ2) is 7.09. The minimum Gasteiger partial charge on any atom is -0.462 e. The molecular formula is C14H14N2O2. The Labute approximate surface area is 106 Å². The van der Waals surface area contributed by atoms with Crippen molar-refractivity contribution in [1.82, 2.24) is 0 Å². The first-order valence-electron chi connectivity index (χ1n) is 5.80. The van der Waals surface area contributed by atoms with Crippen LogP contribution in [-0.4, -0.2) is 12.6 Å². The van der Waals surface area contributed by atoms with Crippen LogP contribution in [0.5, 0.6) is 0 Å². The molecule has 92 valence electrons. The average Bonchev–Trinajstić information content (AvgIpc) is 2.39. The molecule has 0 saturated heterocycles. The van der Waals surface area contributed by atoms with Gasteiger partial charge in [0, 0.05) is 6.42 Å². The number of hydrogen-bond donors (Lipinski definition) is 0. The number of nitriles is 2. The topological polar surface area (TPSA) is 73.9 Å². The summed E-state index contributed by atoms with van der Waals surface area (Å²) in [4.78, 5) is 11.8. The van der Waals surface area contributed by atoms with Gasteiger partial charge in [-0.1, -0.05) is 6.07 Å². The van der Waals surface area contributed by atoms with Crippen LogP contribution in [0.3, 0.4) is 0 Å². The fraction of sp³-hybridized carbons (Fsp3) is 0.357. The molecule has 4 nitrogen and oxygen atoms in total. The molecule has 0 radical (unpaired) electrons. The van der Waals surface area contributed by atoms with Gasteiger partial charge >= 0.3 is 5.97 Å². The Hall–Kier alpha value is -2.33. The van der Waals surface area contributed by atoms with E-state index in [0.29, 0.717) is 42.6 Å². The molecule has 1 aromatic rings. The Morgan fingerprint density at radius 1 is 1.39 bits per heavy atom. The van der Waals surface area contributed by atoms with Crippen molar-refractivity contribution >= 4 is 5.97 Å². The van der Waals surface area contributed by atoms with E-state index in [0.717, 1.165) is 0 Å². The summed E-state index contributed by atoms with van der Waals surface area (Å²) in [5, 5.41) is 17.6. The van der Waals surface area contributed by atoms with Gasteiger partial charge in [-0.25, -0.2) is 4.79 Å². The second-order valence-electron chi connectivity index (χ2n) is 3.68. The van der Waals surface area contributed by atoms with Crippen LogP contribution in [0.4, 0.5) is 0 Å². The van der Waals surface area contributed by atoms with E-state index in [1.807, 2.05) is 0 Å². The van der Waals surface area contributed by atoms with Crippen molar-refractivity contribution in [3.8, 4) is 12.1 Å². The third-order valence-electron chi connectivity index (χ3n) is 2.51. The number of nitrogens with zero attached hydrogens (tertiary/aromatic N) is 2. The number of carbonyl (C=O) groups is 1. The fourth-order valence-corrected chi connectivity index (χ4v) is 1.71. The molecule has 0 amide bonds. The third-order valence-corrected chi connectivity index (χ3v) is 2.51. The molecule has 0 aromatic heterocycles.